The van der Waals surface area contributed by atoms with Crippen LogP contribution in [0.3, 0.4) is 0 Å². The van der Waals surface area contributed by atoms with Gasteiger partial charge >= 0.3 is 0 Å². The molecule has 0 saturated heterocycles. The second-order valence-electron chi connectivity index (χ2n) is 3.78. The number of ketones is 1. The summed E-state index contributed by atoms with van der Waals surface area (Å²) in [5, 5.41) is 0. The van der Waals surface area contributed by atoms with E-state index in [0.717, 1.165) is 0 Å². The highest BCUT2D eigenvalue weighted by molar-refractivity contribution is 5.81. The number of hydrogen-bond acceptors (Lipinski definition) is 3. The molecule has 0 fully saturated rings. The zero-order chi connectivity index (χ0) is 9.72. The summed E-state index contributed by atoms with van der Waals surface area (Å²) in [6.45, 7) is 9.73. The van der Waals surface area contributed by atoms with Crippen molar-refractivity contribution in [3.8, 4) is 0 Å². The molecule has 0 aliphatic rings. The van der Waals surface area contributed by atoms with Gasteiger partial charge in [0.1, 0.15) is 5.78 Å². The van der Waals surface area contributed by atoms with Gasteiger partial charge in [-0.2, -0.15) is 0 Å². The number of carbonyl (C=O) groups is 1. The van der Waals surface area contributed by atoms with Crippen LogP contribution in [-0.2, 0) is 4.79 Å². The van der Waals surface area contributed by atoms with E-state index < -0.39 is 0 Å². The molecule has 2 N–H and O–H groups in total. The van der Waals surface area contributed by atoms with Gasteiger partial charge in [0.25, 0.3) is 0 Å². The van der Waals surface area contributed by atoms with E-state index in [0.29, 0.717) is 12.0 Å². The van der Waals surface area contributed by atoms with Crippen LogP contribution in [0.15, 0.2) is 0 Å². The summed E-state index contributed by atoms with van der Waals surface area (Å²) in [5.41, 5.74) is 6.06. The lowest BCUT2D eigenvalue weighted by Crippen LogP contribution is -2.50. The monoisotopic (exact) mass is 172 g/mol. The quantitative estimate of drug-likeness (QED) is 0.610. The van der Waals surface area contributed by atoms with E-state index in [1.54, 1.807) is 6.92 Å². The Morgan fingerprint density at radius 3 is 1.83 bits per heavy atom. The Morgan fingerprint density at radius 2 is 1.58 bits per heavy atom. The lowest BCUT2D eigenvalue weighted by Gasteiger charge is -2.21. The first-order valence-electron chi connectivity index (χ1n) is 4.46. The Balaban J connectivity index is 3.88. The first-order valence-corrected chi connectivity index (χ1v) is 4.46. The fourth-order valence-corrected chi connectivity index (χ4v) is 0.994. The minimum Gasteiger partial charge on any atom is -0.298 e. The molecule has 0 heterocycles. The number of hydrogen-bond donors (Lipinski definition) is 2. The highest BCUT2D eigenvalue weighted by atomic mass is 16.1. The highest BCUT2D eigenvalue weighted by Gasteiger charge is 2.17. The topological polar surface area (TPSA) is 41.1 Å². The molecule has 3 nitrogen and oxygen atoms in total. The SMILES string of the molecule is CC(=O)C(NNC(C)C)C(C)C. The minimum atomic E-state index is -0.0765. The maximum absolute atomic E-state index is 11.1. The lowest BCUT2D eigenvalue weighted by atomic mass is 10.0. The largest absolute Gasteiger partial charge is 0.298 e. The van der Waals surface area contributed by atoms with Crippen LogP contribution in [0.5, 0.6) is 0 Å². The molecule has 0 aromatic heterocycles. The molecule has 0 aromatic rings. The van der Waals surface area contributed by atoms with Gasteiger partial charge in [0.2, 0.25) is 0 Å². The van der Waals surface area contributed by atoms with Gasteiger partial charge in [-0.3, -0.25) is 10.2 Å². The smallest absolute Gasteiger partial charge is 0.148 e. The number of carbonyl (C=O) groups excluding carboxylic acids is 1. The van der Waals surface area contributed by atoms with Crippen molar-refractivity contribution in [2.45, 2.75) is 46.7 Å². The lowest BCUT2D eigenvalue weighted by molar-refractivity contribution is -0.120. The van der Waals surface area contributed by atoms with E-state index in [1.165, 1.54) is 0 Å². The first-order chi connectivity index (χ1) is 5.45. The molecule has 0 amide bonds. The van der Waals surface area contributed by atoms with E-state index in [1.807, 2.05) is 27.7 Å². The third-order valence-electron chi connectivity index (χ3n) is 1.63. The second kappa shape index (κ2) is 5.27. The molecule has 1 atom stereocenters. The van der Waals surface area contributed by atoms with Crippen molar-refractivity contribution < 1.29 is 4.79 Å². The fraction of sp³-hybridized carbons (Fsp3) is 0.889. The van der Waals surface area contributed by atoms with Crippen LogP contribution in [0.4, 0.5) is 0 Å². The Hall–Kier alpha value is -0.410. The van der Waals surface area contributed by atoms with Crippen molar-refractivity contribution in [3.05, 3.63) is 0 Å². The number of nitrogens with one attached hydrogen (secondary N) is 2. The molecule has 0 bridgehead atoms. The fourth-order valence-electron chi connectivity index (χ4n) is 0.994. The summed E-state index contributed by atoms with van der Waals surface area (Å²) < 4.78 is 0. The molecular formula is C9H20N2O. The second-order valence-corrected chi connectivity index (χ2v) is 3.78. The molecule has 1 unspecified atom stereocenters. The van der Waals surface area contributed by atoms with Gasteiger partial charge in [0, 0.05) is 6.04 Å². The molecule has 0 radical (unpaired) electrons. The predicted octanol–water partition coefficient (Wildman–Crippen LogP) is 1.10. The number of Topliss-reactive ketones (excluding diaryl/α,β-unsaturated/α-hetero) is 1. The van der Waals surface area contributed by atoms with E-state index in [9.17, 15) is 4.79 Å². The Bertz CT molecular complexity index is 143. The van der Waals surface area contributed by atoms with Gasteiger partial charge in [-0.05, 0) is 26.7 Å². The van der Waals surface area contributed by atoms with Crippen molar-refractivity contribution >= 4 is 5.78 Å². The molecule has 0 aliphatic heterocycles. The van der Waals surface area contributed by atoms with E-state index >= 15 is 0 Å². The molecule has 0 saturated carbocycles. The van der Waals surface area contributed by atoms with Gasteiger partial charge in [0.05, 0.1) is 6.04 Å². The van der Waals surface area contributed by atoms with Crippen molar-refractivity contribution in [2.24, 2.45) is 5.92 Å². The van der Waals surface area contributed by atoms with Crippen molar-refractivity contribution in [3.63, 3.8) is 0 Å². The van der Waals surface area contributed by atoms with Crippen LogP contribution in [0.25, 0.3) is 0 Å². The molecule has 0 spiro atoms. The van der Waals surface area contributed by atoms with Gasteiger partial charge in [-0.1, -0.05) is 13.8 Å². The van der Waals surface area contributed by atoms with Crippen molar-refractivity contribution in [1.82, 2.24) is 10.9 Å². The van der Waals surface area contributed by atoms with Crippen LogP contribution in [0, 0.1) is 5.92 Å². The van der Waals surface area contributed by atoms with Gasteiger partial charge < -0.3 is 0 Å². The summed E-state index contributed by atoms with van der Waals surface area (Å²) in [5.74, 6) is 0.506. The summed E-state index contributed by atoms with van der Waals surface area (Å²) >= 11 is 0. The van der Waals surface area contributed by atoms with Crippen LogP contribution < -0.4 is 10.9 Å². The average molecular weight is 172 g/mol. The Morgan fingerprint density at radius 1 is 1.08 bits per heavy atom. The van der Waals surface area contributed by atoms with Gasteiger partial charge in [-0.15, -0.1) is 0 Å². The molecular weight excluding hydrogens is 152 g/mol. The summed E-state index contributed by atoms with van der Waals surface area (Å²) in [4.78, 5) is 11.1. The van der Waals surface area contributed by atoms with E-state index in [4.69, 9.17) is 0 Å². The zero-order valence-electron chi connectivity index (χ0n) is 8.64. The zero-order valence-corrected chi connectivity index (χ0v) is 8.64. The van der Waals surface area contributed by atoms with Crippen LogP contribution in [0.2, 0.25) is 0 Å². The third kappa shape index (κ3) is 4.46. The maximum atomic E-state index is 11.1. The number of rotatable bonds is 5. The predicted molar refractivity (Wildman–Crippen MR) is 50.7 cm³/mol. The summed E-state index contributed by atoms with van der Waals surface area (Å²) in [6.07, 6.45) is 0. The molecule has 3 heteroatoms. The standard InChI is InChI=1S/C9H20N2O/c1-6(2)9(8(5)12)11-10-7(3)4/h6-7,9-11H,1-5H3. The van der Waals surface area contributed by atoms with Crippen LogP contribution in [-0.4, -0.2) is 17.9 Å². The normalized spacial score (nSPS) is 13.9. The van der Waals surface area contributed by atoms with Crippen LogP contribution >= 0.6 is 0 Å². The van der Waals surface area contributed by atoms with Gasteiger partial charge in [-0.25, -0.2) is 5.43 Å². The van der Waals surface area contributed by atoms with Gasteiger partial charge in [0.15, 0.2) is 0 Å². The first kappa shape index (κ1) is 11.6. The highest BCUT2D eigenvalue weighted by Crippen LogP contribution is 2.01. The third-order valence-corrected chi connectivity index (χ3v) is 1.63. The van der Waals surface area contributed by atoms with Crippen LogP contribution in [0.1, 0.15) is 34.6 Å². The molecule has 0 aromatic carbocycles. The van der Waals surface area contributed by atoms with Crippen molar-refractivity contribution in [2.75, 3.05) is 0 Å². The number of hydrazine groups is 1. The molecule has 0 aliphatic carbocycles. The maximum Gasteiger partial charge on any atom is 0.148 e. The average Bonchev–Trinajstić information content (AvgIpc) is 1.84. The Kier molecular flexibility index (Phi) is 5.09. The molecule has 72 valence electrons. The van der Waals surface area contributed by atoms with E-state index in [-0.39, 0.29) is 11.8 Å². The van der Waals surface area contributed by atoms with E-state index in [2.05, 4.69) is 10.9 Å². The molecule has 12 heavy (non-hydrogen) atoms. The van der Waals surface area contributed by atoms with Crippen molar-refractivity contribution in [1.29, 1.82) is 0 Å². The summed E-state index contributed by atoms with van der Waals surface area (Å²) in [7, 11) is 0. The minimum absolute atomic E-state index is 0.0765. The summed E-state index contributed by atoms with van der Waals surface area (Å²) in [6, 6.07) is 0.276. The Labute approximate surface area is 74.9 Å². The molecule has 0 rings (SSSR count).